The number of benzene rings is 1. The van der Waals surface area contributed by atoms with Gasteiger partial charge >= 0.3 is 6.09 Å². The van der Waals surface area contributed by atoms with Crippen molar-refractivity contribution in [3.05, 3.63) is 23.8 Å². The lowest BCUT2D eigenvalue weighted by Crippen LogP contribution is -2.47. The van der Waals surface area contributed by atoms with Crippen LogP contribution in [0.2, 0.25) is 0 Å². The molecule has 1 fully saturated rings. The van der Waals surface area contributed by atoms with Crippen molar-refractivity contribution < 1.29 is 28.6 Å². The van der Waals surface area contributed by atoms with Crippen LogP contribution in [0.15, 0.2) is 18.2 Å². The molecule has 0 aliphatic carbocycles. The van der Waals surface area contributed by atoms with Gasteiger partial charge in [0.2, 0.25) is 11.8 Å². The number of rotatable bonds is 7. The van der Waals surface area contributed by atoms with Crippen LogP contribution >= 0.6 is 0 Å². The molecule has 1 saturated heterocycles. The van der Waals surface area contributed by atoms with Crippen molar-refractivity contribution in [3.8, 4) is 11.5 Å². The zero-order chi connectivity index (χ0) is 17.7. The Morgan fingerprint density at radius 2 is 2.04 bits per heavy atom. The zero-order valence-corrected chi connectivity index (χ0v) is 13.4. The third kappa shape index (κ3) is 3.86. The summed E-state index contributed by atoms with van der Waals surface area (Å²) in [6, 6.07) is 4.34. The molecule has 24 heavy (non-hydrogen) atoms. The van der Waals surface area contributed by atoms with Crippen molar-refractivity contribution in [2.75, 3.05) is 27.4 Å². The zero-order valence-electron chi connectivity index (χ0n) is 13.4. The molecular weight excluding hydrogens is 318 g/mol. The highest BCUT2D eigenvalue weighted by Crippen LogP contribution is 2.29. The van der Waals surface area contributed by atoms with Crippen LogP contribution in [-0.4, -0.2) is 56.2 Å². The Bertz CT molecular complexity index is 648. The molecule has 0 aromatic heterocycles. The van der Waals surface area contributed by atoms with Gasteiger partial charge in [0.25, 0.3) is 0 Å². The number of carbonyl (C=O) groups is 3. The second-order valence-corrected chi connectivity index (χ2v) is 5.09. The van der Waals surface area contributed by atoms with Gasteiger partial charge in [0.15, 0.2) is 11.5 Å². The first-order valence-electron chi connectivity index (χ1n) is 7.16. The van der Waals surface area contributed by atoms with Crippen LogP contribution in [-0.2, 0) is 20.9 Å². The molecule has 1 atom stereocenters. The number of primary amides is 1. The number of nitrogens with two attached hydrogens (primary N) is 1. The molecule has 0 spiro atoms. The van der Waals surface area contributed by atoms with E-state index in [9.17, 15) is 14.4 Å². The number of hydrogen-bond acceptors (Lipinski definition) is 6. The van der Waals surface area contributed by atoms with Gasteiger partial charge in [-0.25, -0.2) is 4.79 Å². The van der Waals surface area contributed by atoms with Gasteiger partial charge in [-0.2, -0.15) is 0 Å². The van der Waals surface area contributed by atoms with Gasteiger partial charge < -0.3 is 25.3 Å². The Labute approximate surface area is 138 Å². The highest BCUT2D eigenvalue weighted by Gasteiger charge is 2.38. The molecule has 3 N–H and O–H groups in total. The summed E-state index contributed by atoms with van der Waals surface area (Å²) in [5.74, 6) is -0.0987. The number of cyclic esters (lactones) is 1. The highest BCUT2D eigenvalue weighted by atomic mass is 16.6. The maximum atomic E-state index is 12.1. The maximum Gasteiger partial charge on any atom is 0.410 e. The monoisotopic (exact) mass is 337 g/mol. The summed E-state index contributed by atoms with van der Waals surface area (Å²) in [6.07, 6.45) is -0.607. The summed E-state index contributed by atoms with van der Waals surface area (Å²) in [5, 5.41) is 2.37. The first-order chi connectivity index (χ1) is 11.5. The first kappa shape index (κ1) is 17.4. The summed E-state index contributed by atoms with van der Waals surface area (Å²) < 4.78 is 15.3. The second-order valence-electron chi connectivity index (χ2n) is 5.09. The standard InChI is InChI=1S/C15H19N3O6/c1-22-11-4-3-9(5-12(11)23-2)7-18-10(8-24-15(18)21)14(20)17-6-13(16)19/h3-5,10H,6-8H2,1-2H3,(H2,16,19)(H,17,20)/t10-/m0/s1. The average Bonchev–Trinajstić information content (AvgIpc) is 2.93. The number of methoxy groups -OCH3 is 2. The van der Waals surface area contributed by atoms with E-state index in [4.69, 9.17) is 19.9 Å². The van der Waals surface area contributed by atoms with Crippen LogP contribution < -0.4 is 20.5 Å². The Hall–Kier alpha value is -2.97. The van der Waals surface area contributed by atoms with E-state index in [-0.39, 0.29) is 19.7 Å². The lowest BCUT2D eigenvalue weighted by Gasteiger charge is -2.21. The van der Waals surface area contributed by atoms with E-state index in [0.29, 0.717) is 11.5 Å². The highest BCUT2D eigenvalue weighted by molar-refractivity contribution is 5.90. The van der Waals surface area contributed by atoms with E-state index in [1.54, 1.807) is 18.2 Å². The molecule has 0 bridgehead atoms. The van der Waals surface area contributed by atoms with Gasteiger partial charge in [-0.15, -0.1) is 0 Å². The van der Waals surface area contributed by atoms with Crippen molar-refractivity contribution >= 4 is 17.9 Å². The summed E-state index contributed by atoms with van der Waals surface area (Å²) in [6.45, 7) is -0.238. The lowest BCUT2D eigenvalue weighted by molar-refractivity contribution is -0.127. The van der Waals surface area contributed by atoms with Crippen LogP contribution in [0.4, 0.5) is 4.79 Å². The van der Waals surface area contributed by atoms with Crippen molar-refractivity contribution in [1.29, 1.82) is 0 Å². The van der Waals surface area contributed by atoms with Gasteiger partial charge in [-0.05, 0) is 17.7 Å². The Morgan fingerprint density at radius 1 is 1.33 bits per heavy atom. The topological polar surface area (TPSA) is 120 Å². The molecule has 9 heteroatoms. The number of nitrogens with zero attached hydrogens (tertiary/aromatic N) is 1. The average molecular weight is 337 g/mol. The molecule has 1 aromatic rings. The van der Waals surface area contributed by atoms with Crippen molar-refractivity contribution in [1.82, 2.24) is 10.2 Å². The van der Waals surface area contributed by atoms with Crippen LogP contribution in [0.1, 0.15) is 5.56 Å². The molecule has 1 aliphatic rings. The number of ether oxygens (including phenoxy) is 3. The van der Waals surface area contributed by atoms with E-state index >= 15 is 0 Å². The summed E-state index contributed by atoms with van der Waals surface area (Å²) in [4.78, 5) is 36.0. The quantitative estimate of drug-likeness (QED) is 0.700. The van der Waals surface area contributed by atoms with Crippen LogP contribution in [0.25, 0.3) is 0 Å². The summed E-state index contributed by atoms with van der Waals surface area (Å²) in [5.41, 5.74) is 5.73. The third-order valence-corrected chi connectivity index (χ3v) is 3.52. The Morgan fingerprint density at radius 3 is 2.67 bits per heavy atom. The molecule has 130 valence electrons. The van der Waals surface area contributed by atoms with Crippen LogP contribution in [0.5, 0.6) is 11.5 Å². The van der Waals surface area contributed by atoms with E-state index in [1.807, 2.05) is 0 Å². The molecule has 0 saturated carbocycles. The van der Waals surface area contributed by atoms with E-state index in [2.05, 4.69) is 5.32 Å². The number of carbonyl (C=O) groups excluding carboxylic acids is 3. The lowest BCUT2D eigenvalue weighted by atomic mass is 10.1. The number of hydrogen-bond donors (Lipinski definition) is 2. The predicted octanol–water partition coefficient (Wildman–Crippen LogP) is -0.374. The fraction of sp³-hybridized carbons (Fsp3) is 0.400. The molecule has 0 radical (unpaired) electrons. The van der Waals surface area contributed by atoms with Crippen LogP contribution in [0, 0.1) is 0 Å². The third-order valence-electron chi connectivity index (χ3n) is 3.52. The molecule has 1 aromatic carbocycles. The molecular formula is C15H19N3O6. The second kappa shape index (κ2) is 7.53. The largest absolute Gasteiger partial charge is 0.493 e. The van der Waals surface area contributed by atoms with Crippen LogP contribution in [0.3, 0.4) is 0 Å². The minimum Gasteiger partial charge on any atom is -0.493 e. The van der Waals surface area contributed by atoms with Crippen molar-refractivity contribution in [2.45, 2.75) is 12.6 Å². The van der Waals surface area contributed by atoms with E-state index in [0.717, 1.165) is 5.56 Å². The number of amides is 3. The normalized spacial score (nSPS) is 16.5. The summed E-state index contributed by atoms with van der Waals surface area (Å²) in [7, 11) is 3.03. The Kier molecular flexibility index (Phi) is 5.46. The smallest absolute Gasteiger partial charge is 0.410 e. The summed E-state index contributed by atoms with van der Waals surface area (Å²) >= 11 is 0. The minimum absolute atomic E-state index is 0.0866. The molecule has 3 amide bonds. The number of nitrogens with one attached hydrogen (secondary N) is 1. The van der Waals surface area contributed by atoms with Gasteiger partial charge in [0.1, 0.15) is 12.6 Å². The molecule has 1 heterocycles. The van der Waals surface area contributed by atoms with E-state index < -0.39 is 23.9 Å². The Balaban J connectivity index is 2.12. The fourth-order valence-electron chi connectivity index (χ4n) is 2.31. The first-order valence-corrected chi connectivity index (χ1v) is 7.16. The van der Waals surface area contributed by atoms with Crippen molar-refractivity contribution in [3.63, 3.8) is 0 Å². The van der Waals surface area contributed by atoms with Crippen molar-refractivity contribution in [2.24, 2.45) is 5.73 Å². The van der Waals surface area contributed by atoms with Gasteiger partial charge in [0.05, 0.1) is 27.3 Å². The van der Waals surface area contributed by atoms with Gasteiger partial charge in [-0.3, -0.25) is 14.5 Å². The predicted molar refractivity (Wildman–Crippen MR) is 82.4 cm³/mol. The molecule has 9 nitrogen and oxygen atoms in total. The molecule has 0 unspecified atom stereocenters. The fourth-order valence-corrected chi connectivity index (χ4v) is 2.31. The maximum absolute atomic E-state index is 12.1. The van der Waals surface area contributed by atoms with Gasteiger partial charge in [0, 0.05) is 0 Å². The SMILES string of the molecule is COc1ccc(CN2C(=O)OC[C@H]2C(=O)NCC(N)=O)cc1OC. The molecule has 2 rings (SSSR count). The minimum atomic E-state index is -0.829. The van der Waals surface area contributed by atoms with Gasteiger partial charge in [-0.1, -0.05) is 6.07 Å². The molecule has 1 aliphatic heterocycles. The van der Waals surface area contributed by atoms with E-state index in [1.165, 1.54) is 19.1 Å².